The molecule has 0 atom stereocenters. The molecule has 1 amide bonds. The summed E-state index contributed by atoms with van der Waals surface area (Å²) in [5.74, 6) is 2.28. The van der Waals surface area contributed by atoms with E-state index in [1.54, 1.807) is 16.6 Å². The summed E-state index contributed by atoms with van der Waals surface area (Å²) in [7, 11) is 1.76. The van der Waals surface area contributed by atoms with Crippen molar-refractivity contribution in [3.05, 3.63) is 48.0 Å². The van der Waals surface area contributed by atoms with Crippen LogP contribution in [0.15, 0.2) is 47.6 Å². The Bertz CT molecular complexity index is 1040. The van der Waals surface area contributed by atoms with Crippen molar-refractivity contribution in [1.82, 2.24) is 25.1 Å². The number of aromatic nitrogens is 4. The van der Waals surface area contributed by atoms with E-state index in [9.17, 15) is 4.79 Å². The highest BCUT2D eigenvalue weighted by atomic mass is 32.2. The summed E-state index contributed by atoms with van der Waals surface area (Å²) in [6.07, 6.45) is 0. The van der Waals surface area contributed by atoms with Gasteiger partial charge in [-0.2, -0.15) is 4.68 Å². The summed E-state index contributed by atoms with van der Waals surface area (Å²) in [6.45, 7) is 3.14. The summed E-state index contributed by atoms with van der Waals surface area (Å²) < 4.78 is 18.0. The molecule has 0 fully saturated rings. The van der Waals surface area contributed by atoms with Crippen molar-refractivity contribution in [3.63, 3.8) is 0 Å². The highest BCUT2D eigenvalue weighted by molar-refractivity contribution is 7.99. The number of carbonyl (C=O) groups excluding carboxylic acids is 1. The lowest BCUT2D eigenvalue weighted by molar-refractivity contribution is -0.127. The van der Waals surface area contributed by atoms with Crippen molar-refractivity contribution < 1.29 is 19.0 Å². The lowest BCUT2D eigenvalue weighted by Crippen LogP contribution is -2.27. The zero-order valence-electron chi connectivity index (χ0n) is 16.6. The maximum absolute atomic E-state index is 12.6. The van der Waals surface area contributed by atoms with Gasteiger partial charge in [-0.25, -0.2) is 0 Å². The van der Waals surface area contributed by atoms with Crippen molar-refractivity contribution in [2.24, 2.45) is 0 Å². The number of amides is 1. The monoisotopic (exact) mass is 427 g/mol. The van der Waals surface area contributed by atoms with Gasteiger partial charge in [0, 0.05) is 13.6 Å². The Labute approximate surface area is 177 Å². The van der Waals surface area contributed by atoms with E-state index in [4.69, 9.17) is 14.2 Å². The van der Waals surface area contributed by atoms with Crippen LogP contribution in [0, 0.1) is 0 Å². The number of carbonyl (C=O) groups is 1. The average Bonchev–Trinajstić information content (AvgIpc) is 3.41. The SMILES string of the molecule is CCOc1ccccc1-n1nnnc1SCC(=O)N(C)Cc1ccc2c(c1)OCO2. The smallest absolute Gasteiger partial charge is 0.233 e. The largest absolute Gasteiger partial charge is 0.492 e. The Kier molecular flexibility index (Phi) is 6.03. The van der Waals surface area contributed by atoms with E-state index in [2.05, 4.69) is 15.5 Å². The normalized spacial score (nSPS) is 12.1. The third-order valence-electron chi connectivity index (χ3n) is 4.44. The Morgan fingerprint density at radius 3 is 2.93 bits per heavy atom. The number of ether oxygens (including phenoxy) is 3. The molecule has 0 saturated carbocycles. The van der Waals surface area contributed by atoms with E-state index in [0.717, 1.165) is 17.0 Å². The molecule has 1 aromatic heterocycles. The molecule has 4 rings (SSSR count). The summed E-state index contributed by atoms with van der Waals surface area (Å²) in [4.78, 5) is 14.3. The maximum Gasteiger partial charge on any atom is 0.233 e. The van der Waals surface area contributed by atoms with Gasteiger partial charge in [0.25, 0.3) is 0 Å². The third kappa shape index (κ3) is 4.33. The van der Waals surface area contributed by atoms with Gasteiger partial charge in [0.05, 0.1) is 12.4 Å². The molecule has 1 aliphatic heterocycles. The standard InChI is InChI=1S/C20H21N5O4S/c1-3-27-16-7-5-4-6-15(16)25-20(21-22-23-25)30-12-19(26)24(2)11-14-8-9-17-18(10-14)29-13-28-17/h4-10H,3,11-13H2,1-2H3. The van der Waals surface area contributed by atoms with Gasteiger partial charge in [-0.05, 0) is 47.2 Å². The van der Waals surface area contributed by atoms with Crippen LogP contribution in [0.5, 0.6) is 17.2 Å². The zero-order chi connectivity index (χ0) is 20.9. The van der Waals surface area contributed by atoms with Crippen LogP contribution >= 0.6 is 11.8 Å². The first kappa shape index (κ1) is 20.0. The molecule has 156 valence electrons. The lowest BCUT2D eigenvalue weighted by Gasteiger charge is -2.17. The first-order chi connectivity index (χ1) is 14.7. The highest BCUT2D eigenvalue weighted by Gasteiger charge is 2.18. The fourth-order valence-electron chi connectivity index (χ4n) is 2.97. The Hall–Kier alpha value is -3.27. The predicted molar refractivity (Wildman–Crippen MR) is 110 cm³/mol. The van der Waals surface area contributed by atoms with E-state index in [1.165, 1.54) is 11.8 Å². The molecular formula is C20H21N5O4S. The van der Waals surface area contributed by atoms with Crippen LogP contribution in [-0.4, -0.2) is 57.2 Å². The van der Waals surface area contributed by atoms with Crippen molar-refractivity contribution in [2.75, 3.05) is 26.2 Å². The summed E-state index contributed by atoms with van der Waals surface area (Å²) >= 11 is 1.28. The van der Waals surface area contributed by atoms with Crippen molar-refractivity contribution in [1.29, 1.82) is 0 Å². The van der Waals surface area contributed by atoms with Gasteiger partial charge in [0.2, 0.25) is 17.9 Å². The molecule has 0 radical (unpaired) electrons. The quantitative estimate of drug-likeness (QED) is 0.507. The second kappa shape index (κ2) is 9.04. The molecule has 0 unspecified atom stereocenters. The molecule has 3 aromatic rings. The van der Waals surface area contributed by atoms with Crippen LogP contribution in [0.2, 0.25) is 0 Å². The average molecular weight is 427 g/mol. The van der Waals surface area contributed by atoms with Gasteiger partial charge in [-0.1, -0.05) is 30.0 Å². The number of benzene rings is 2. The number of hydrogen-bond acceptors (Lipinski definition) is 8. The van der Waals surface area contributed by atoms with Gasteiger partial charge >= 0.3 is 0 Å². The van der Waals surface area contributed by atoms with E-state index in [-0.39, 0.29) is 18.5 Å². The molecule has 0 bridgehead atoms. The summed E-state index contributed by atoms with van der Waals surface area (Å²) in [5.41, 5.74) is 1.70. The number of nitrogens with zero attached hydrogens (tertiary/aromatic N) is 5. The van der Waals surface area contributed by atoms with Crippen LogP contribution < -0.4 is 14.2 Å². The number of tetrazole rings is 1. The molecule has 1 aliphatic rings. The number of hydrogen-bond donors (Lipinski definition) is 0. The van der Waals surface area contributed by atoms with E-state index >= 15 is 0 Å². The number of para-hydroxylation sites is 2. The van der Waals surface area contributed by atoms with E-state index in [0.29, 0.717) is 29.8 Å². The van der Waals surface area contributed by atoms with Crippen molar-refractivity contribution in [2.45, 2.75) is 18.6 Å². The molecule has 30 heavy (non-hydrogen) atoms. The van der Waals surface area contributed by atoms with Crippen LogP contribution in [0.1, 0.15) is 12.5 Å². The Morgan fingerprint density at radius 2 is 2.07 bits per heavy atom. The van der Waals surface area contributed by atoms with Gasteiger partial charge in [-0.3, -0.25) is 4.79 Å². The Morgan fingerprint density at radius 1 is 1.23 bits per heavy atom. The fourth-order valence-corrected chi connectivity index (χ4v) is 3.79. The van der Waals surface area contributed by atoms with E-state index in [1.807, 2.05) is 49.4 Å². The molecule has 2 heterocycles. The highest BCUT2D eigenvalue weighted by Crippen LogP contribution is 2.33. The second-order valence-electron chi connectivity index (χ2n) is 6.50. The number of rotatable bonds is 8. The van der Waals surface area contributed by atoms with Crippen molar-refractivity contribution >= 4 is 17.7 Å². The molecule has 9 nitrogen and oxygen atoms in total. The van der Waals surface area contributed by atoms with Crippen LogP contribution in [0.3, 0.4) is 0 Å². The third-order valence-corrected chi connectivity index (χ3v) is 5.35. The minimum Gasteiger partial charge on any atom is -0.492 e. The summed E-state index contributed by atoms with van der Waals surface area (Å²) in [5, 5.41) is 12.4. The van der Waals surface area contributed by atoms with Gasteiger partial charge in [-0.15, -0.1) is 5.10 Å². The first-order valence-electron chi connectivity index (χ1n) is 9.41. The zero-order valence-corrected chi connectivity index (χ0v) is 17.5. The van der Waals surface area contributed by atoms with Gasteiger partial charge < -0.3 is 19.1 Å². The summed E-state index contributed by atoms with van der Waals surface area (Å²) in [6, 6.07) is 13.2. The van der Waals surface area contributed by atoms with Crippen LogP contribution in [0.4, 0.5) is 0 Å². The lowest BCUT2D eigenvalue weighted by atomic mass is 10.2. The number of fused-ring (bicyclic) bond motifs is 1. The van der Waals surface area contributed by atoms with Gasteiger partial charge in [0.1, 0.15) is 11.4 Å². The Balaban J connectivity index is 1.39. The first-order valence-corrected chi connectivity index (χ1v) is 10.4. The number of thioether (sulfide) groups is 1. The van der Waals surface area contributed by atoms with Crippen LogP contribution in [-0.2, 0) is 11.3 Å². The van der Waals surface area contributed by atoms with Gasteiger partial charge in [0.15, 0.2) is 11.5 Å². The second-order valence-corrected chi connectivity index (χ2v) is 7.44. The van der Waals surface area contributed by atoms with Crippen molar-refractivity contribution in [3.8, 4) is 22.9 Å². The fraction of sp³-hybridized carbons (Fsp3) is 0.300. The molecule has 10 heteroatoms. The molecule has 0 saturated heterocycles. The predicted octanol–water partition coefficient (Wildman–Crippen LogP) is 2.54. The van der Waals surface area contributed by atoms with E-state index < -0.39 is 0 Å². The minimum absolute atomic E-state index is 0.0367. The molecule has 0 aliphatic carbocycles. The molecular weight excluding hydrogens is 406 g/mol. The van der Waals surface area contributed by atoms with Crippen LogP contribution in [0.25, 0.3) is 5.69 Å². The molecule has 0 N–H and O–H groups in total. The topological polar surface area (TPSA) is 91.6 Å². The molecule has 2 aromatic carbocycles. The minimum atomic E-state index is -0.0367. The molecule has 0 spiro atoms. The maximum atomic E-state index is 12.6.